The van der Waals surface area contributed by atoms with Gasteiger partial charge in [0.25, 0.3) is 5.91 Å². The Morgan fingerprint density at radius 3 is 2.12 bits per heavy atom. The van der Waals surface area contributed by atoms with Crippen molar-refractivity contribution in [3.05, 3.63) is 125 Å². The zero-order valence-electron chi connectivity index (χ0n) is 33.9. The highest BCUT2D eigenvalue weighted by Gasteiger charge is 2.39. The molecule has 59 heavy (non-hydrogen) atoms. The lowest BCUT2D eigenvalue weighted by Crippen LogP contribution is -2.52. The number of imide groups is 1. The third-order valence-electron chi connectivity index (χ3n) is 12.6. The summed E-state index contributed by atoms with van der Waals surface area (Å²) in [5.41, 5.74) is 8.82. The van der Waals surface area contributed by atoms with Crippen molar-refractivity contribution in [1.29, 1.82) is 0 Å². The molecule has 3 saturated heterocycles. The quantitative estimate of drug-likeness (QED) is 0.103. The minimum atomic E-state index is -1.50. The number of rotatable bonds is 13. The molecule has 3 fully saturated rings. The summed E-state index contributed by atoms with van der Waals surface area (Å²) in [6.07, 6.45) is 3.74. The fraction of sp³-hybridized carbons (Fsp3) is 0.383. The molecule has 306 valence electrons. The van der Waals surface area contributed by atoms with Crippen molar-refractivity contribution in [1.82, 2.24) is 20.0 Å². The van der Waals surface area contributed by atoms with Gasteiger partial charge in [-0.05, 0) is 101 Å². The predicted molar refractivity (Wildman–Crippen MR) is 231 cm³/mol. The van der Waals surface area contributed by atoms with Crippen LogP contribution in [0.4, 0.5) is 5.69 Å². The molecule has 1 atom stereocenters. The van der Waals surface area contributed by atoms with Crippen LogP contribution < -0.4 is 20.4 Å². The zero-order valence-corrected chi connectivity index (χ0v) is 33.9. The molecule has 4 heterocycles. The molecule has 12 heteroatoms. The van der Waals surface area contributed by atoms with Gasteiger partial charge in [-0.2, -0.15) is 0 Å². The molecule has 8 rings (SSSR count). The van der Waals surface area contributed by atoms with E-state index >= 15 is 0 Å². The van der Waals surface area contributed by atoms with Gasteiger partial charge in [0.2, 0.25) is 11.8 Å². The van der Waals surface area contributed by atoms with E-state index in [-0.39, 0.29) is 24.1 Å². The van der Waals surface area contributed by atoms with Crippen LogP contribution in [0.25, 0.3) is 11.1 Å². The first-order chi connectivity index (χ1) is 28.7. The van der Waals surface area contributed by atoms with Crippen LogP contribution in [0.1, 0.15) is 71.6 Å². The predicted octanol–water partition coefficient (Wildman–Crippen LogP) is 4.41. The van der Waals surface area contributed by atoms with Crippen molar-refractivity contribution in [3.8, 4) is 5.75 Å². The van der Waals surface area contributed by atoms with E-state index in [0.29, 0.717) is 36.5 Å². The molecule has 0 aliphatic carbocycles. The van der Waals surface area contributed by atoms with Crippen molar-refractivity contribution in [2.75, 3.05) is 63.9 Å². The SMILES string of the molecule is CC/C(=C(/c1ccc(OCCN2CCN(CC3CCN(c4ccc5c(c4)CN(C4CCC(=O)NC4=O)C5=O)CC3)CC2)cc1)c1ccc(B(O)O)cc1)c1ccccc1. The molecule has 4 aromatic carbocycles. The lowest BCUT2D eigenvalue weighted by Gasteiger charge is -2.39. The van der Waals surface area contributed by atoms with E-state index < -0.39 is 13.2 Å². The van der Waals surface area contributed by atoms with Crippen molar-refractivity contribution >= 4 is 47.1 Å². The van der Waals surface area contributed by atoms with Gasteiger partial charge in [0.1, 0.15) is 18.4 Å². The molecule has 4 aliphatic rings. The number of piperazine rings is 1. The molecular formula is C47H54BN5O6. The number of piperidine rings is 2. The minimum Gasteiger partial charge on any atom is -0.492 e. The van der Waals surface area contributed by atoms with Crippen LogP contribution in [0.15, 0.2) is 97.1 Å². The Balaban J connectivity index is 0.785. The molecule has 1 unspecified atom stereocenters. The molecule has 0 aromatic heterocycles. The zero-order chi connectivity index (χ0) is 40.9. The summed E-state index contributed by atoms with van der Waals surface area (Å²) < 4.78 is 6.25. The average Bonchev–Trinajstić information content (AvgIpc) is 3.59. The summed E-state index contributed by atoms with van der Waals surface area (Å²) in [7, 11) is -1.50. The second-order valence-corrected chi connectivity index (χ2v) is 16.3. The number of hydrogen-bond acceptors (Lipinski definition) is 9. The number of allylic oxidation sites excluding steroid dienone is 1. The number of carbonyl (C=O) groups excluding carboxylic acids is 3. The number of anilines is 1. The summed E-state index contributed by atoms with van der Waals surface area (Å²) >= 11 is 0. The van der Waals surface area contributed by atoms with E-state index in [1.807, 2.05) is 42.5 Å². The summed E-state index contributed by atoms with van der Waals surface area (Å²) in [6, 6.07) is 31.7. The monoisotopic (exact) mass is 795 g/mol. The lowest BCUT2D eigenvalue weighted by molar-refractivity contribution is -0.136. The lowest BCUT2D eigenvalue weighted by atomic mass is 9.79. The second-order valence-electron chi connectivity index (χ2n) is 16.3. The number of nitrogens with zero attached hydrogens (tertiary/aromatic N) is 4. The summed E-state index contributed by atoms with van der Waals surface area (Å²) in [5.74, 6) is 0.729. The van der Waals surface area contributed by atoms with Gasteiger partial charge >= 0.3 is 7.12 Å². The number of hydrogen-bond donors (Lipinski definition) is 3. The molecule has 4 aromatic rings. The van der Waals surface area contributed by atoms with E-state index in [0.717, 1.165) is 111 Å². The largest absolute Gasteiger partial charge is 0.492 e. The highest BCUT2D eigenvalue weighted by atomic mass is 16.5. The first-order valence-corrected chi connectivity index (χ1v) is 21.2. The molecule has 3 N–H and O–H groups in total. The molecule has 0 radical (unpaired) electrons. The van der Waals surface area contributed by atoms with Crippen LogP contribution in [-0.4, -0.2) is 115 Å². The highest BCUT2D eigenvalue weighted by molar-refractivity contribution is 6.58. The number of ether oxygens (including phenoxy) is 1. The van der Waals surface area contributed by atoms with Gasteiger partial charge in [0.05, 0.1) is 0 Å². The smallest absolute Gasteiger partial charge is 0.488 e. The molecule has 4 aliphatic heterocycles. The fourth-order valence-corrected chi connectivity index (χ4v) is 9.20. The van der Waals surface area contributed by atoms with Crippen LogP contribution in [0, 0.1) is 5.92 Å². The van der Waals surface area contributed by atoms with E-state index in [1.54, 1.807) is 17.0 Å². The Hall–Kier alpha value is -5.27. The third kappa shape index (κ3) is 9.31. The van der Waals surface area contributed by atoms with E-state index in [4.69, 9.17) is 4.74 Å². The molecule has 11 nitrogen and oxygen atoms in total. The first-order valence-electron chi connectivity index (χ1n) is 21.2. The maximum absolute atomic E-state index is 13.1. The maximum atomic E-state index is 13.1. The van der Waals surface area contributed by atoms with Gasteiger partial charge in [-0.15, -0.1) is 0 Å². The van der Waals surface area contributed by atoms with Gasteiger partial charge in [-0.3, -0.25) is 24.6 Å². The topological polar surface area (TPSA) is 126 Å². The molecule has 0 bridgehead atoms. The molecule has 0 saturated carbocycles. The standard InChI is InChI=1S/C47H54BN5O6/c1-2-41(34-6-4-3-5-7-34)45(35-8-12-38(13-9-35)48(57)58)36-10-15-40(16-11-36)59-29-28-50-24-26-51(27-25-50)31-33-20-22-52(23-21-33)39-14-17-42-37(30-39)32-53(47(42)56)43-18-19-44(54)49-46(43)55/h3-17,30,33,43,57-58H,2,18-29,31-32H2,1H3,(H,49,54,55)/b45-41-. The Kier molecular flexibility index (Phi) is 12.6. The Bertz CT molecular complexity index is 2150. The van der Waals surface area contributed by atoms with Crippen molar-refractivity contribution in [3.63, 3.8) is 0 Å². The number of carbonyl (C=O) groups is 3. The van der Waals surface area contributed by atoms with E-state index in [1.165, 1.54) is 5.57 Å². The summed E-state index contributed by atoms with van der Waals surface area (Å²) in [6.45, 7) is 11.4. The fourth-order valence-electron chi connectivity index (χ4n) is 9.20. The minimum absolute atomic E-state index is 0.127. The first kappa shape index (κ1) is 40.5. The number of benzene rings is 4. The van der Waals surface area contributed by atoms with Crippen molar-refractivity contribution < 1.29 is 29.2 Å². The van der Waals surface area contributed by atoms with Crippen LogP contribution in [0.3, 0.4) is 0 Å². The van der Waals surface area contributed by atoms with Crippen molar-refractivity contribution in [2.24, 2.45) is 5.92 Å². The van der Waals surface area contributed by atoms with Crippen LogP contribution in [0.5, 0.6) is 5.75 Å². The Labute approximate surface area is 347 Å². The second kappa shape index (κ2) is 18.3. The Morgan fingerprint density at radius 2 is 1.46 bits per heavy atom. The summed E-state index contributed by atoms with van der Waals surface area (Å²) in [4.78, 5) is 46.4. The maximum Gasteiger partial charge on any atom is 0.488 e. The third-order valence-corrected chi connectivity index (χ3v) is 12.6. The summed E-state index contributed by atoms with van der Waals surface area (Å²) in [5, 5.41) is 21.7. The van der Waals surface area contributed by atoms with Crippen LogP contribution >= 0.6 is 0 Å². The van der Waals surface area contributed by atoms with Gasteiger partial charge in [0.15, 0.2) is 0 Å². The van der Waals surface area contributed by atoms with Gasteiger partial charge in [0, 0.05) is 76.6 Å². The Morgan fingerprint density at radius 1 is 0.780 bits per heavy atom. The van der Waals surface area contributed by atoms with E-state index in [2.05, 4.69) is 69.4 Å². The highest BCUT2D eigenvalue weighted by Crippen LogP contribution is 2.35. The van der Waals surface area contributed by atoms with Crippen LogP contribution in [-0.2, 0) is 16.1 Å². The van der Waals surface area contributed by atoms with Crippen LogP contribution in [0.2, 0.25) is 0 Å². The number of nitrogens with one attached hydrogen (secondary N) is 1. The number of amides is 3. The van der Waals surface area contributed by atoms with Gasteiger partial charge in [-0.1, -0.05) is 73.7 Å². The van der Waals surface area contributed by atoms with Gasteiger partial charge in [-0.25, -0.2) is 0 Å². The number of fused-ring (bicyclic) bond motifs is 1. The van der Waals surface area contributed by atoms with Gasteiger partial charge < -0.3 is 29.5 Å². The van der Waals surface area contributed by atoms with Crippen molar-refractivity contribution in [2.45, 2.75) is 51.6 Å². The van der Waals surface area contributed by atoms with E-state index in [9.17, 15) is 24.4 Å². The molecule has 3 amide bonds. The average molecular weight is 796 g/mol. The molecular weight excluding hydrogens is 741 g/mol. The molecule has 0 spiro atoms. The normalized spacial score (nSPS) is 19.7.